The predicted molar refractivity (Wildman–Crippen MR) is 134 cm³/mol. The van der Waals surface area contributed by atoms with Gasteiger partial charge in [0.05, 0.1) is 6.04 Å². The van der Waals surface area contributed by atoms with Crippen LogP contribution in [0.2, 0.25) is 0 Å². The molecule has 0 aliphatic carbocycles. The number of fused-ring (bicyclic) bond motifs is 1. The van der Waals surface area contributed by atoms with Gasteiger partial charge < -0.3 is 34.7 Å². The minimum absolute atomic E-state index is 0.0810. The van der Waals surface area contributed by atoms with Crippen molar-refractivity contribution in [2.24, 2.45) is 0 Å². The van der Waals surface area contributed by atoms with Crippen molar-refractivity contribution >= 4 is 17.5 Å². The molecule has 3 aromatic rings. The van der Waals surface area contributed by atoms with Crippen molar-refractivity contribution in [1.29, 1.82) is 0 Å². The Balaban J connectivity index is 1.16. The number of piperazine rings is 1. The minimum Gasteiger partial charge on any atom is -0.444 e. The fourth-order valence-corrected chi connectivity index (χ4v) is 4.79. The molecule has 5 rings (SSSR count). The van der Waals surface area contributed by atoms with Crippen LogP contribution in [0.1, 0.15) is 24.2 Å². The van der Waals surface area contributed by atoms with Crippen molar-refractivity contribution in [1.82, 2.24) is 24.8 Å². The molecule has 2 atom stereocenters. The number of halogens is 3. The van der Waals surface area contributed by atoms with Crippen LogP contribution in [0.15, 0.2) is 36.7 Å². The topological polar surface area (TPSA) is 124 Å². The molecule has 1 saturated heterocycles. The van der Waals surface area contributed by atoms with Crippen LogP contribution in [0.25, 0.3) is 0 Å². The van der Waals surface area contributed by atoms with Crippen LogP contribution in [0.3, 0.4) is 0 Å². The first-order valence-electron chi connectivity index (χ1n) is 12.4. The number of rotatable bonds is 7. The summed E-state index contributed by atoms with van der Waals surface area (Å²) in [5.74, 6) is 0.130. The third kappa shape index (κ3) is 6.13. The lowest BCUT2D eigenvalue weighted by Crippen LogP contribution is -2.47. The molecule has 0 radical (unpaired) electrons. The van der Waals surface area contributed by atoms with Gasteiger partial charge >= 0.3 is 18.2 Å². The zero-order valence-corrected chi connectivity index (χ0v) is 21.3. The molecule has 2 aliphatic heterocycles. The fraction of sp³-hybridized carbons (Fsp3) is 0.458. The van der Waals surface area contributed by atoms with E-state index in [2.05, 4.69) is 29.8 Å². The van der Waals surface area contributed by atoms with Crippen LogP contribution in [-0.4, -0.2) is 69.6 Å². The van der Waals surface area contributed by atoms with E-state index in [9.17, 15) is 23.3 Å². The molecule has 1 N–H and O–H groups in total. The largest absolute Gasteiger partial charge is 0.573 e. The van der Waals surface area contributed by atoms with Gasteiger partial charge in [-0.1, -0.05) is 0 Å². The molecule has 2 unspecified atom stereocenters. The average molecular weight is 549 g/mol. The number of alkyl halides is 3. The number of aryl methyl sites for hydroxylation is 1. The quantitative estimate of drug-likeness (QED) is 0.348. The molecule has 4 heterocycles. The first kappa shape index (κ1) is 26.5. The van der Waals surface area contributed by atoms with Gasteiger partial charge in [-0.25, -0.2) is 9.97 Å². The Labute approximate surface area is 221 Å². The summed E-state index contributed by atoms with van der Waals surface area (Å²) in [5.41, 5.74) is 2.58. The minimum atomic E-state index is -4.71. The molecule has 39 heavy (non-hydrogen) atoms. The maximum absolute atomic E-state index is 12.4. The van der Waals surface area contributed by atoms with Crippen LogP contribution >= 0.6 is 0 Å². The third-order valence-corrected chi connectivity index (χ3v) is 6.70. The fourth-order valence-electron chi connectivity index (χ4n) is 4.79. The van der Waals surface area contributed by atoms with E-state index in [1.165, 1.54) is 18.3 Å². The zero-order valence-electron chi connectivity index (χ0n) is 21.3. The van der Waals surface area contributed by atoms with Gasteiger partial charge in [0.1, 0.15) is 18.6 Å². The summed E-state index contributed by atoms with van der Waals surface area (Å²) in [5, 5.41) is 14.5. The number of hydrogen-bond acceptors (Lipinski definition) is 10. The number of imidazole rings is 1. The van der Waals surface area contributed by atoms with E-state index >= 15 is 0 Å². The molecule has 208 valence electrons. The molecule has 2 aromatic heterocycles. The Morgan fingerprint density at radius 2 is 1.85 bits per heavy atom. The molecule has 0 spiro atoms. The number of nitro groups is 1. The summed E-state index contributed by atoms with van der Waals surface area (Å²) < 4.78 is 48.3. The lowest BCUT2D eigenvalue weighted by atomic mass is 10.1. The van der Waals surface area contributed by atoms with Crippen molar-refractivity contribution < 1.29 is 27.6 Å². The van der Waals surface area contributed by atoms with Gasteiger partial charge in [0.25, 0.3) is 0 Å². The summed E-state index contributed by atoms with van der Waals surface area (Å²) in [6, 6.07) is 5.93. The van der Waals surface area contributed by atoms with E-state index < -0.39 is 11.3 Å². The van der Waals surface area contributed by atoms with Crippen LogP contribution in [-0.2, 0) is 6.54 Å². The van der Waals surface area contributed by atoms with E-state index in [1.54, 1.807) is 22.9 Å². The van der Waals surface area contributed by atoms with Gasteiger partial charge in [0.2, 0.25) is 5.95 Å². The summed E-state index contributed by atoms with van der Waals surface area (Å²) in [4.78, 5) is 27.8. The first-order valence-corrected chi connectivity index (χ1v) is 12.4. The second-order valence-electron chi connectivity index (χ2n) is 9.41. The highest BCUT2D eigenvalue weighted by Gasteiger charge is 2.31. The Morgan fingerprint density at radius 1 is 1.15 bits per heavy atom. The summed E-state index contributed by atoms with van der Waals surface area (Å²) in [7, 11) is 0. The highest BCUT2D eigenvalue weighted by atomic mass is 19.4. The van der Waals surface area contributed by atoms with Gasteiger partial charge in [-0.15, -0.1) is 13.2 Å². The van der Waals surface area contributed by atoms with E-state index in [0.717, 1.165) is 16.9 Å². The van der Waals surface area contributed by atoms with Gasteiger partial charge in [-0.05, 0) is 43.0 Å². The molecular weight excluding hydrogens is 521 g/mol. The van der Waals surface area contributed by atoms with E-state index in [-0.39, 0.29) is 29.7 Å². The molecule has 1 fully saturated rings. The monoisotopic (exact) mass is 548 g/mol. The summed E-state index contributed by atoms with van der Waals surface area (Å²) in [6.45, 7) is 7.39. The number of benzene rings is 1. The number of nitrogens with zero attached hydrogens (tertiary/aromatic N) is 7. The normalized spacial score (nSPS) is 18.3. The van der Waals surface area contributed by atoms with Crippen molar-refractivity contribution in [2.75, 3.05) is 42.6 Å². The van der Waals surface area contributed by atoms with E-state index in [4.69, 9.17) is 9.72 Å². The third-order valence-electron chi connectivity index (χ3n) is 6.70. The summed E-state index contributed by atoms with van der Waals surface area (Å²) in [6.07, 6.45) is -1.54. The van der Waals surface area contributed by atoms with E-state index in [0.29, 0.717) is 45.3 Å². The van der Waals surface area contributed by atoms with Crippen LogP contribution < -0.4 is 24.6 Å². The lowest BCUT2D eigenvalue weighted by molar-refractivity contribution is -0.389. The number of hydrogen-bond donors (Lipinski definition) is 1. The summed E-state index contributed by atoms with van der Waals surface area (Å²) >= 11 is 0. The maximum Gasteiger partial charge on any atom is 0.573 e. The highest BCUT2D eigenvalue weighted by Crippen LogP contribution is 2.27. The van der Waals surface area contributed by atoms with Gasteiger partial charge in [0.15, 0.2) is 0 Å². The predicted octanol–water partition coefficient (Wildman–Crippen LogP) is 3.23. The number of ether oxygens (including phenoxy) is 2. The van der Waals surface area contributed by atoms with E-state index in [1.807, 2.05) is 13.8 Å². The van der Waals surface area contributed by atoms with Crippen molar-refractivity contribution in [3.05, 3.63) is 58.0 Å². The zero-order chi connectivity index (χ0) is 27.7. The molecule has 0 bridgehead atoms. The maximum atomic E-state index is 12.4. The van der Waals surface area contributed by atoms with Crippen LogP contribution in [0.5, 0.6) is 11.8 Å². The molecule has 15 heteroatoms. The number of aromatic nitrogens is 4. The van der Waals surface area contributed by atoms with Gasteiger partial charge in [-0.2, -0.15) is 0 Å². The van der Waals surface area contributed by atoms with Crippen molar-refractivity contribution in [3.63, 3.8) is 0 Å². The lowest BCUT2D eigenvalue weighted by Gasteiger charge is -2.36. The van der Waals surface area contributed by atoms with Crippen molar-refractivity contribution in [2.45, 2.75) is 38.8 Å². The second-order valence-corrected chi connectivity index (χ2v) is 9.41. The molecule has 0 amide bonds. The smallest absolute Gasteiger partial charge is 0.444 e. The molecular formula is C24H27F3N8O4. The number of anilines is 2. The van der Waals surface area contributed by atoms with Crippen molar-refractivity contribution in [3.8, 4) is 11.8 Å². The Kier molecular flexibility index (Phi) is 7.16. The Hall–Kier alpha value is -4.14. The van der Waals surface area contributed by atoms with Crippen LogP contribution in [0.4, 0.5) is 30.6 Å². The van der Waals surface area contributed by atoms with Gasteiger partial charge in [-0.3, -0.25) is 4.57 Å². The van der Waals surface area contributed by atoms with Gasteiger partial charge in [0, 0.05) is 66.9 Å². The standard InChI is InChI=1S/C24H27F3N8O4/c1-15(29-17-12-34-13-21(35(36)37)31-23(34)38-14-17)20-11-28-22(30-16(20)2)33-9-7-32(8-10-33)18-3-5-19(6-4-18)39-24(25,26)27/h3-6,11,13,15,17,29H,7-10,12,14H2,1-2H3. The molecule has 1 aromatic carbocycles. The Bertz CT molecular complexity index is 1330. The highest BCUT2D eigenvalue weighted by molar-refractivity contribution is 5.51. The van der Waals surface area contributed by atoms with Crippen LogP contribution in [0, 0.1) is 17.0 Å². The first-order chi connectivity index (χ1) is 18.6. The Morgan fingerprint density at radius 3 is 2.49 bits per heavy atom. The molecule has 2 aliphatic rings. The molecule has 12 nitrogen and oxygen atoms in total. The average Bonchev–Trinajstić information content (AvgIpc) is 3.32. The SMILES string of the molecule is Cc1nc(N2CCN(c3ccc(OC(F)(F)F)cc3)CC2)ncc1C(C)NC1COc2nc([N+](=O)[O-])cn2C1. The molecule has 0 saturated carbocycles. The second kappa shape index (κ2) is 10.6. The number of nitrogens with one attached hydrogen (secondary N) is 1.